The molecule has 7 nitrogen and oxygen atoms in total. The van der Waals surface area contributed by atoms with Gasteiger partial charge in [0, 0.05) is 43.0 Å². The Hall–Kier alpha value is -5.01. The molecule has 0 unspecified atom stereocenters. The molecule has 0 aliphatic carbocycles. The van der Waals surface area contributed by atoms with Crippen LogP contribution >= 0.6 is 23.2 Å². The molecule has 2 aromatic heterocycles. The number of hydrogen-bond donors (Lipinski definition) is 2. The predicted octanol–water partition coefficient (Wildman–Crippen LogP) is 10.3. The van der Waals surface area contributed by atoms with Crippen LogP contribution in [-0.4, -0.2) is 42.7 Å². The first-order chi connectivity index (χ1) is 22.7. The number of nitrogens with one attached hydrogen (secondary N) is 2. The number of rotatable bonds is 8. The fourth-order valence-corrected chi connectivity index (χ4v) is 5.80. The fraction of sp³-hybridized carbons (Fsp3) is 0.121. The number of H-pyrrole nitrogens is 2. The number of ether oxygens (including phenoxy) is 4. The first-order valence-corrected chi connectivity index (χ1v) is 14.5. The lowest BCUT2D eigenvalue weighted by molar-refractivity contribution is -0.275. The Morgan fingerprint density at radius 1 is 0.604 bits per heavy atom. The summed E-state index contributed by atoms with van der Waals surface area (Å²) in [5.74, 6) is -1.59. The van der Waals surface area contributed by atoms with Crippen molar-refractivity contribution in [1.82, 2.24) is 9.97 Å². The summed E-state index contributed by atoms with van der Waals surface area (Å²) in [4.78, 5) is 21.2. The molecule has 4 aromatic carbocycles. The highest BCUT2D eigenvalue weighted by atomic mass is 35.5. The maximum atomic E-state index is 15.0. The first-order valence-electron chi connectivity index (χ1n) is 13.7. The number of methoxy groups -OCH3 is 2. The number of halogens is 8. The van der Waals surface area contributed by atoms with Gasteiger partial charge in [-0.2, -0.15) is 0 Å². The minimum atomic E-state index is -5.04. The Bertz CT molecular complexity index is 2050. The molecule has 6 rings (SSSR count). The second kappa shape index (κ2) is 12.2. The number of aromatic nitrogens is 2. The topological polar surface area (TPSA) is 85.6 Å². The molecule has 48 heavy (non-hydrogen) atoms. The first kappa shape index (κ1) is 32.9. The van der Waals surface area contributed by atoms with Gasteiger partial charge in [-0.05, 0) is 72.8 Å². The molecule has 0 spiro atoms. The molecule has 2 heterocycles. The third-order valence-electron chi connectivity index (χ3n) is 7.33. The van der Waals surface area contributed by atoms with Crippen LogP contribution in [0.5, 0.6) is 23.0 Å². The molecule has 6 aromatic rings. The molecular formula is C33H20Cl2F6N2O5. The predicted molar refractivity (Wildman–Crippen MR) is 167 cm³/mol. The van der Waals surface area contributed by atoms with Crippen LogP contribution in [0.1, 0.15) is 15.9 Å². The van der Waals surface area contributed by atoms with E-state index in [1.54, 1.807) is 12.1 Å². The molecule has 0 aliphatic rings. The Kier molecular flexibility index (Phi) is 8.38. The van der Waals surface area contributed by atoms with Gasteiger partial charge < -0.3 is 28.9 Å². The molecule has 0 radical (unpaired) electrons. The monoisotopic (exact) mass is 708 g/mol. The lowest BCUT2D eigenvalue weighted by Crippen LogP contribution is -2.17. The maximum absolute atomic E-state index is 15.0. The third-order valence-corrected chi connectivity index (χ3v) is 7.80. The van der Waals surface area contributed by atoms with E-state index in [1.807, 2.05) is 0 Å². The second-order valence-electron chi connectivity index (χ2n) is 10.3. The number of fused-ring (bicyclic) bond motifs is 2. The van der Waals surface area contributed by atoms with Gasteiger partial charge in [-0.3, -0.25) is 4.79 Å². The largest absolute Gasteiger partial charge is 0.573 e. The Morgan fingerprint density at radius 3 is 1.35 bits per heavy atom. The number of hydrogen-bond acceptors (Lipinski definition) is 5. The molecule has 0 aliphatic heterocycles. The van der Waals surface area contributed by atoms with Crippen molar-refractivity contribution in [2.75, 3.05) is 14.2 Å². The van der Waals surface area contributed by atoms with Crippen LogP contribution < -0.4 is 18.9 Å². The van der Waals surface area contributed by atoms with Crippen molar-refractivity contribution in [2.24, 2.45) is 0 Å². The van der Waals surface area contributed by atoms with E-state index in [4.69, 9.17) is 32.7 Å². The molecule has 0 atom stereocenters. The Labute approximate surface area is 276 Å². The molecule has 248 valence electrons. The van der Waals surface area contributed by atoms with Crippen molar-refractivity contribution in [3.63, 3.8) is 0 Å². The Morgan fingerprint density at radius 2 is 1.00 bits per heavy atom. The third kappa shape index (κ3) is 6.43. The van der Waals surface area contributed by atoms with E-state index in [-0.39, 0.29) is 55.8 Å². The maximum Gasteiger partial charge on any atom is 0.573 e. The van der Waals surface area contributed by atoms with Crippen LogP contribution in [0.2, 0.25) is 10.0 Å². The number of carbonyl (C=O) groups is 1. The van der Waals surface area contributed by atoms with E-state index < -0.39 is 30.0 Å². The second-order valence-corrected chi connectivity index (χ2v) is 11.2. The minimum Gasteiger partial charge on any atom is -0.496 e. The summed E-state index contributed by atoms with van der Waals surface area (Å²) < 4.78 is 98.9. The molecule has 15 heteroatoms. The molecule has 0 saturated heterocycles. The number of aromatic amines is 2. The van der Waals surface area contributed by atoms with Crippen LogP contribution in [-0.2, 0) is 0 Å². The molecule has 2 N–H and O–H groups in total. The molecule has 0 saturated carbocycles. The highest BCUT2D eigenvalue weighted by Gasteiger charge is 2.34. The average molecular weight is 709 g/mol. The zero-order valence-electron chi connectivity index (χ0n) is 24.5. The van der Waals surface area contributed by atoms with Crippen molar-refractivity contribution < 1.29 is 50.1 Å². The van der Waals surface area contributed by atoms with Gasteiger partial charge in [-0.25, -0.2) is 0 Å². The van der Waals surface area contributed by atoms with E-state index in [0.717, 1.165) is 24.3 Å². The summed E-state index contributed by atoms with van der Waals surface area (Å²) in [6, 6.07) is 15.9. The smallest absolute Gasteiger partial charge is 0.496 e. The molecule has 0 amide bonds. The summed E-state index contributed by atoms with van der Waals surface area (Å²) in [5.41, 5.74) is 1.07. The van der Waals surface area contributed by atoms with Gasteiger partial charge in [0.1, 0.15) is 23.0 Å². The van der Waals surface area contributed by atoms with Crippen LogP contribution in [0, 0.1) is 0 Å². The van der Waals surface area contributed by atoms with E-state index >= 15 is 4.79 Å². The SMILES string of the molecule is COc1cc(Cl)ccc1-c1[nH]c2ccc(OC(F)(F)F)cc2c1C(=O)c1c(-c2ccc(Cl)cc2OC)[nH]c2ccc(OC(F)(F)F)cc12. The summed E-state index contributed by atoms with van der Waals surface area (Å²) in [6.07, 6.45) is -10.1. The van der Waals surface area contributed by atoms with Crippen molar-refractivity contribution in [1.29, 1.82) is 0 Å². The van der Waals surface area contributed by atoms with Gasteiger partial charge in [-0.1, -0.05) is 23.2 Å². The number of alkyl halides is 6. The molecule has 0 bridgehead atoms. The van der Waals surface area contributed by atoms with E-state index in [1.165, 1.54) is 50.6 Å². The van der Waals surface area contributed by atoms with Gasteiger partial charge in [-0.15, -0.1) is 26.3 Å². The van der Waals surface area contributed by atoms with E-state index in [2.05, 4.69) is 19.4 Å². The van der Waals surface area contributed by atoms with Crippen molar-refractivity contribution >= 4 is 50.8 Å². The van der Waals surface area contributed by atoms with Crippen LogP contribution in [0.25, 0.3) is 44.3 Å². The zero-order valence-corrected chi connectivity index (χ0v) is 26.0. The van der Waals surface area contributed by atoms with Crippen LogP contribution in [0.15, 0.2) is 72.8 Å². The summed E-state index contributed by atoms with van der Waals surface area (Å²) in [6.45, 7) is 0. The highest BCUT2D eigenvalue weighted by Crippen LogP contribution is 2.44. The summed E-state index contributed by atoms with van der Waals surface area (Å²) >= 11 is 12.4. The highest BCUT2D eigenvalue weighted by molar-refractivity contribution is 6.31. The zero-order chi connectivity index (χ0) is 34.5. The van der Waals surface area contributed by atoms with Crippen LogP contribution in [0.4, 0.5) is 26.3 Å². The van der Waals surface area contributed by atoms with Gasteiger partial charge in [0.15, 0.2) is 5.78 Å². The number of carbonyl (C=O) groups excluding carboxylic acids is 1. The fourth-order valence-electron chi connectivity index (χ4n) is 5.48. The Balaban J connectivity index is 1.69. The summed E-state index contributed by atoms with van der Waals surface area (Å²) in [7, 11) is 2.72. The molecular weight excluding hydrogens is 689 g/mol. The lowest BCUT2D eigenvalue weighted by Gasteiger charge is -2.13. The average Bonchev–Trinajstić information content (AvgIpc) is 3.57. The minimum absolute atomic E-state index is 0.0137. The normalized spacial score (nSPS) is 12.0. The lowest BCUT2D eigenvalue weighted by atomic mass is 9.93. The van der Waals surface area contributed by atoms with Gasteiger partial charge >= 0.3 is 12.7 Å². The van der Waals surface area contributed by atoms with Crippen molar-refractivity contribution in [3.05, 3.63) is 94.0 Å². The van der Waals surface area contributed by atoms with Gasteiger partial charge in [0.05, 0.1) is 36.7 Å². The van der Waals surface area contributed by atoms with Crippen LogP contribution in [0.3, 0.4) is 0 Å². The molecule has 0 fully saturated rings. The van der Waals surface area contributed by atoms with Crippen molar-refractivity contribution in [2.45, 2.75) is 12.7 Å². The van der Waals surface area contributed by atoms with Crippen molar-refractivity contribution in [3.8, 4) is 45.5 Å². The van der Waals surface area contributed by atoms with Gasteiger partial charge in [0.25, 0.3) is 0 Å². The number of ketones is 1. The van der Waals surface area contributed by atoms with E-state index in [0.29, 0.717) is 21.2 Å². The quantitative estimate of drug-likeness (QED) is 0.121. The number of benzene rings is 4. The van der Waals surface area contributed by atoms with E-state index in [9.17, 15) is 26.3 Å². The van der Waals surface area contributed by atoms with Gasteiger partial charge in [0.2, 0.25) is 0 Å². The standard InChI is InChI=1S/C33H20Cl2F6N2O5/c1-45-25-11-15(34)3-7-19(25)29-27(21-13-17(47-32(36,37)38)5-9-23(21)42-29)31(44)28-22-14-18(48-33(39,40)41)6-10-24(22)43-30(28)20-8-4-16(35)12-26(20)46-2/h3-14,42-43H,1-2H3. The summed E-state index contributed by atoms with van der Waals surface area (Å²) in [5, 5.41) is 0.623.